The summed E-state index contributed by atoms with van der Waals surface area (Å²) in [5.41, 5.74) is 6.72. The number of hydrogen-bond donors (Lipinski definition) is 2. The number of benzene rings is 1. The van der Waals surface area contributed by atoms with Crippen LogP contribution in [0.1, 0.15) is 5.69 Å². The van der Waals surface area contributed by atoms with Gasteiger partial charge in [0.25, 0.3) is 0 Å². The molecule has 0 bridgehead atoms. The molecule has 1 heterocycles. The summed E-state index contributed by atoms with van der Waals surface area (Å²) in [6.07, 6.45) is 1.75. The highest BCUT2D eigenvalue weighted by atomic mass is 79.9. The second kappa shape index (κ2) is 6.27. The lowest BCUT2D eigenvalue weighted by Gasteiger charge is -2.03. The number of halogens is 2. The largest absolute Gasteiger partial charge is 0.349 e. The Balaban J connectivity index is 2.16. The lowest BCUT2D eigenvalue weighted by Crippen LogP contribution is -2.29. The maximum absolute atomic E-state index is 11.1. The molecule has 0 aliphatic rings. The Morgan fingerprint density at radius 1 is 1.42 bits per heavy atom. The van der Waals surface area contributed by atoms with E-state index in [-0.39, 0.29) is 12.5 Å². The molecule has 8 heteroatoms. The monoisotopic (exact) mass is 387 g/mol. The SMILES string of the molecule is NCC(=O)NCc1cn(-c2cc(Br)ccc2Br)nn1. The lowest BCUT2D eigenvalue weighted by molar-refractivity contribution is -0.119. The first-order valence-electron chi connectivity index (χ1n) is 5.43. The number of rotatable bonds is 4. The van der Waals surface area contributed by atoms with E-state index in [4.69, 9.17) is 5.73 Å². The number of nitrogens with two attached hydrogens (primary N) is 1. The molecule has 0 saturated heterocycles. The molecule has 0 radical (unpaired) electrons. The van der Waals surface area contributed by atoms with Crippen LogP contribution in [0.2, 0.25) is 0 Å². The second-order valence-electron chi connectivity index (χ2n) is 3.73. The topological polar surface area (TPSA) is 85.8 Å². The first-order valence-corrected chi connectivity index (χ1v) is 7.02. The summed E-state index contributed by atoms with van der Waals surface area (Å²) in [6.45, 7) is 0.271. The smallest absolute Gasteiger partial charge is 0.234 e. The summed E-state index contributed by atoms with van der Waals surface area (Å²) in [6, 6.07) is 5.75. The Hall–Kier alpha value is -1.25. The van der Waals surface area contributed by atoms with Gasteiger partial charge in [-0.3, -0.25) is 4.79 Å². The van der Waals surface area contributed by atoms with Crippen molar-refractivity contribution in [3.05, 3.63) is 39.0 Å². The highest BCUT2D eigenvalue weighted by Crippen LogP contribution is 2.24. The molecule has 19 heavy (non-hydrogen) atoms. The van der Waals surface area contributed by atoms with Crippen molar-refractivity contribution in [2.24, 2.45) is 5.73 Å². The minimum Gasteiger partial charge on any atom is -0.349 e. The zero-order valence-corrected chi connectivity index (χ0v) is 13.0. The molecule has 0 atom stereocenters. The van der Waals surface area contributed by atoms with Gasteiger partial charge < -0.3 is 11.1 Å². The molecule has 0 fully saturated rings. The quantitative estimate of drug-likeness (QED) is 0.828. The molecule has 3 N–H and O–H groups in total. The van der Waals surface area contributed by atoms with Gasteiger partial charge in [-0.15, -0.1) is 5.10 Å². The molecule has 6 nitrogen and oxygen atoms in total. The average Bonchev–Trinajstić information content (AvgIpc) is 2.87. The van der Waals surface area contributed by atoms with Crippen molar-refractivity contribution in [2.75, 3.05) is 6.54 Å². The fourth-order valence-corrected chi connectivity index (χ4v) is 2.20. The van der Waals surface area contributed by atoms with Crippen LogP contribution in [0.15, 0.2) is 33.3 Å². The van der Waals surface area contributed by atoms with Crippen LogP contribution in [0.3, 0.4) is 0 Å². The number of nitrogens with zero attached hydrogens (tertiary/aromatic N) is 3. The Morgan fingerprint density at radius 2 is 2.21 bits per heavy atom. The minimum atomic E-state index is -0.224. The maximum atomic E-state index is 11.1. The third kappa shape index (κ3) is 3.62. The standard InChI is InChI=1S/C11H11Br2N5O/c12-7-1-2-9(13)10(3-7)18-6-8(16-17-18)5-15-11(19)4-14/h1-3,6H,4-5,14H2,(H,15,19). The summed E-state index contributed by atoms with van der Waals surface area (Å²) in [5, 5.41) is 10.7. The van der Waals surface area contributed by atoms with E-state index >= 15 is 0 Å². The minimum absolute atomic E-state index is 0.0364. The summed E-state index contributed by atoms with van der Waals surface area (Å²) in [4.78, 5) is 11.1. The van der Waals surface area contributed by atoms with E-state index in [0.29, 0.717) is 12.2 Å². The molecule has 0 spiro atoms. The molecule has 1 aromatic carbocycles. The molecule has 2 rings (SSSR count). The summed E-state index contributed by atoms with van der Waals surface area (Å²) >= 11 is 6.86. The number of amides is 1. The van der Waals surface area contributed by atoms with Gasteiger partial charge in [-0.25, -0.2) is 4.68 Å². The molecule has 0 aliphatic carbocycles. The summed E-state index contributed by atoms with van der Waals surface area (Å²) < 4.78 is 3.48. The highest BCUT2D eigenvalue weighted by molar-refractivity contribution is 9.11. The Labute approximate surface area is 126 Å². The van der Waals surface area contributed by atoms with E-state index in [1.807, 2.05) is 18.2 Å². The molecule has 0 saturated carbocycles. The number of carbonyl (C=O) groups is 1. The van der Waals surface area contributed by atoms with Gasteiger partial charge in [0.05, 0.1) is 25.0 Å². The van der Waals surface area contributed by atoms with Gasteiger partial charge in [0.15, 0.2) is 0 Å². The molecular formula is C11H11Br2N5O. The van der Waals surface area contributed by atoms with Gasteiger partial charge in [-0.1, -0.05) is 21.1 Å². The van der Waals surface area contributed by atoms with Crippen molar-refractivity contribution in [1.82, 2.24) is 20.3 Å². The third-order valence-corrected chi connectivity index (χ3v) is 3.51. The first-order chi connectivity index (χ1) is 9.10. The van der Waals surface area contributed by atoms with Crippen molar-refractivity contribution in [2.45, 2.75) is 6.54 Å². The average molecular weight is 389 g/mol. The Bertz CT molecular complexity index is 599. The van der Waals surface area contributed by atoms with Crippen LogP contribution in [0.5, 0.6) is 0 Å². The number of nitrogens with one attached hydrogen (secondary N) is 1. The Kier molecular flexibility index (Phi) is 4.67. The van der Waals surface area contributed by atoms with Gasteiger partial charge in [0.2, 0.25) is 5.91 Å². The van der Waals surface area contributed by atoms with Gasteiger partial charge in [-0.2, -0.15) is 0 Å². The lowest BCUT2D eigenvalue weighted by atomic mass is 10.3. The van der Waals surface area contributed by atoms with E-state index in [2.05, 4.69) is 47.5 Å². The van der Waals surface area contributed by atoms with Crippen molar-refractivity contribution in [3.8, 4) is 5.69 Å². The molecule has 1 aromatic heterocycles. The highest BCUT2D eigenvalue weighted by Gasteiger charge is 2.07. The predicted molar refractivity (Wildman–Crippen MR) is 77.7 cm³/mol. The van der Waals surface area contributed by atoms with Gasteiger partial charge >= 0.3 is 0 Å². The van der Waals surface area contributed by atoms with Crippen LogP contribution in [-0.2, 0) is 11.3 Å². The number of hydrogen-bond acceptors (Lipinski definition) is 4. The third-order valence-electron chi connectivity index (χ3n) is 2.35. The molecule has 0 unspecified atom stereocenters. The molecular weight excluding hydrogens is 378 g/mol. The van der Waals surface area contributed by atoms with Crippen molar-refractivity contribution in [3.63, 3.8) is 0 Å². The van der Waals surface area contributed by atoms with Crippen LogP contribution in [0.4, 0.5) is 0 Å². The van der Waals surface area contributed by atoms with Crippen LogP contribution >= 0.6 is 31.9 Å². The number of aromatic nitrogens is 3. The first kappa shape index (κ1) is 14.2. The van der Waals surface area contributed by atoms with Crippen LogP contribution < -0.4 is 11.1 Å². The molecule has 0 aliphatic heterocycles. The molecule has 100 valence electrons. The van der Waals surface area contributed by atoms with Crippen LogP contribution in [-0.4, -0.2) is 27.4 Å². The van der Waals surface area contributed by atoms with Crippen LogP contribution in [0.25, 0.3) is 5.69 Å². The molecule has 1 amide bonds. The van der Waals surface area contributed by atoms with Gasteiger partial charge in [0.1, 0.15) is 5.69 Å². The zero-order valence-electron chi connectivity index (χ0n) is 9.81. The van der Waals surface area contributed by atoms with Gasteiger partial charge in [-0.05, 0) is 34.1 Å². The van der Waals surface area contributed by atoms with E-state index in [0.717, 1.165) is 14.6 Å². The van der Waals surface area contributed by atoms with E-state index in [9.17, 15) is 4.79 Å². The zero-order chi connectivity index (χ0) is 13.8. The Morgan fingerprint density at radius 3 is 2.95 bits per heavy atom. The number of carbonyl (C=O) groups excluding carboxylic acids is 1. The van der Waals surface area contributed by atoms with Crippen molar-refractivity contribution in [1.29, 1.82) is 0 Å². The predicted octanol–water partition coefficient (Wildman–Crippen LogP) is 1.37. The van der Waals surface area contributed by atoms with Crippen molar-refractivity contribution < 1.29 is 4.79 Å². The van der Waals surface area contributed by atoms with Crippen molar-refractivity contribution >= 4 is 37.8 Å². The van der Waals surface area contributed by atoms with E-state index in [1.54, 1.807) is 10.9 Å². The van der Waals surface area contributed by atoms with E-state index in [1.165, 1.54) is 0 Å². The van der Waals surface area contributed by atoms with Crippen LogP contribution in [0, 0.1) is 0 Å². The normalized spacial score (nSPS) is 10.5. The van der Waals surface area contributed by atoms with E-state index < -0.39 is 0 Å². The van der Waals surface area contributed by atoms with Gasteiger partial charge in [0, 0.05) is 8.95 Å². The fourth-order valence-electron chi connectivity index (χ4n) is 1.42. The summed E-state index contributed by atoms with van der Waals surface area (Å²) in [5.74, 6) is -0.224. The molecule has 2 aromatic rings. The fraction of sp³-hybridized carbons (Fsp3) is 0.182. The second-order valence-corrected chi connectivity index (χ2v) is 5.50. The summed E-state index contributed by atoms with van der Waals surface area (Å²) in [7, 11) is 0. The maximum Gasteiger partial charge on any atom is 0.234 e.